The lowest BCUT2D eigenvalue weighted by Crippen LogP contribution is -2.59. The molecule has 14 heteroatoms. The zero-order valence-electron chi connectivity index (χ0n) is 21.1. The van der Waals surface area contributed by atoms with E-state index in [2.05, 4.69) is 25.9 Å². The second-order valence-corrected chi connectivity index (χ2v) is 9.71. The predicted molar refractivity (Wildman–Crippen MR) is 140 cm³/mol. The molecule has 0 spiro atoms. The third kappa shape index (κ3) is 9.68. The third-order valence-electron chi connectivity index (χ3n) is 5.64. The van der Waals surface area contributed by atoms with Crippen LogP contribution in [0.3, 0.4) is 0 Å². The second-order valence-electron chi connectivity index (χ2n) is 8.73. The van der Waals surface area contributed by atoms with E-state index < -0.39 is 54.0 Å². The summed E-state index contributed by atoms with van der Waals surface area (Å²) in [6.07, 6.45) is 3.73. The van der Waals surface area contributed by atoms with Crippen LogP contribution in [0.2, 0.25) is 0 Å². The van der Waals surface area contributed by atoms with Crippen LogP contribution in [-0.2, 0) is 32.0 Å². The number of carbonyl (C=O) groups is 4. The number of amides is 3. The van der Waals surface area contributed by atoms with E-state index in [1.54, 1.807) is 12.1 Å². The first-order chi connectivity index (χ1) is 18.0. The summed E-state index contributed by atoms with van der Waals surface area (Å²) in [5.41, 5.74) is 7.06. The highest BCUT2D eigenvalue weighted by molar-refractivity contribution is 7.98. The molecule has 1 aromatic carbocycles. The van der Waals surface area contributed by atoms with E-state index >= 15 is 0 Å². The number of nitrogens with one attached hydrogen (secondary N) is 4. The van der Waals surface area contributed by atoms with Crippen molar-refractivity contribution in [3.8, 4) is 5.75 Å². The summed E-state index contributed by atoms with van der Waals surface area (Å²) < 4.78 is 0. The molecular formula is C24H34N6O7S. The van der Waals surface area contributed by atoms with Crippen LogP contribution in [0.4, 0.5) is 0 Å². The normalized spacial score (nSPS) is 14.9. The van der Waals surface area contributed by atoms with Crippen molar-refractivity contribution in [2.45, 2.75) is 56.5 Å². The number of thioether (sulfide) groups is 1. The fourth-order valence-corrected chi connectivity index (χ4v) is 3.96. The maximum absolute atomic E-state index is 13.4. The third-order valence-corrected chi connectivity index (χ3v) is 6.28. The van der Waals surface area contributed by atoms with Crippen molar-refractivity contribution in [3.05, 3.63) is 48.0 Å². The zero-order chi connectivity index (χ0) is 28.2. The Morgan fingerprint density at radius 2 is 1.63 bits per heavy atom. The molecule has 0 radical (unpaired) electrons. The summed E-state index contributed by atoms with van der Waals surface area (Å²) in [6.45, 7) is 1.21. The number of phenols is 1. The number of H-pyrrole nitrogens is 1. The molecule has 13 nitrogen and oxygen atoms in total. The Morgan fingerprint density at radius 3 is 2.18 bits per heavy atom. The van der Waals surface area contributed by atoms with Gasteiger partial charge in [-0.3, -0.25) is 14.4 Å². The number of aromatic amines is 1. The van der Waals surface area contributed by atoms with Crippen molar-refractivity contribution in [2.75, 3.05) is 12.0 Å². The van der Waals surface area contributed by atoms with Crippen LogP contribution in [0, 0.1) is 0 Å². The summed E-state index contributed by atoms with van der Waals surface area (Å²) in [5.74, 6) is -2.92. The second kappa shape index (κ2) is 15.0. The lowest BCUT2D eigenvalue weighted by atomic mass is 10.0. The molecule has 38 heavy (non-hydrogen) atoms. The maximum atomic E-state index is 13.4. The van der Waals surface area contributed by atoms with Crippen molar-refractivity contribution < 1.29 is 34.5 Å². The largest absolute Gasteiger partial charge is 0.508 e. The number of carboxylic acid groups (broad SMARTS) is 1. The Bertz CT molecular complexity index is 1060. The predicted octanol–water partition coefficient (Wildman–Crippen LogP) is -1.10. The number of phenolic OH excluding ortho intramolecular Hbond substituents is 1. The van der Waals surface area contributed by atoms with Crippen molar-refractivity contribution in [1.29, 1.82) is 0 Å². The molecule has 0 aliphatic carbocycles. The number of hydrogen-bond donors (Lipinski definition) is 8. The van der Waals surface area contributed by atoms with Gasteiger partial charge in [-0.15, -0.1) is 0 Å². The highest BCUT2D eigenvalue weighted by Crippen LogP contribution is 2.12. The molecular weight excluding hydrogens is 516 g/mol. The first kappa shape index (κ1) is 30.6. The van der Waals surface area contributed by atoms with Crippen molar-refractivity contribution in [2.24, 2.45) is 5.73 Å². The van der Waals surface area contributed by atoms with Crippen LogP contribution in [0.5, 0.6) is 5.75 Å². The molecule has 208 valence electrons. The number of aliphatic hydroxyl groups is 1. The Balaban J connectivity index is 2.28. The van der Waals surface area contributed by atoms with Gasteiger partial charge in [0, 0.05) is 24.7 Å². The average molecular weight is 551 g/mol. The molecule has 3 amide bonds. The molecule has 0 saturated carbocycles. The van der Waals surface area contributed by atoms with E-state index in [-0.39, 0.29) is 18.6 Å². The smallest absolute Gasteiger partial charge is 0.328 e. The zero-order valence-corrected chi connectivity index (χ0v) is 21.9. The molecule has 0 aliphatic rings. The Morgan fingerprint density at radius 1 is 1.03 bits per heavy atom. The van der Waals surface area contributed by atoms with Gasteiger partial charge in [0.15, 0.2) is 6.04 Å². The molecule has 0 bridgehead atoms. The molecule has 0 aliphatic heterocycles. The number of hydrogen-bond acceptors (Lipinski definition) is 9. The van der Waals surface area contributed by atoms with E-state index in [9.17, 15) is 34.5 Å². The highest BCUT2D eigenvalue weighted by Gasteiger charge is 2.32. The van der Waals surface area contributed by atoms with E-state index in [1.807, 2.05) is 6.26 Å². The fraction of sp³-hybridized carbons (Fsp3) is 0.458. The number of nitrogens with zero attached hydrogens (tertiary/aromatic N) is 1. The number of aliphatic hydroxyl groups excluding tert-OH is 1. The van der Waals surface area contributed by atoms with Crippen LogP contribution < -0.4 is 21.7 Å². The first-order valence-corrected chi connectivity index (χ1v) is 13.2. The summed E-state index contributed by atoms with van der Waals surface area (Å²) in [5, 5.41) is 36.1. The maximum Gasteiger partial charge on any atom is 0.328 e. The highest BCUT2D eigenvalue weighted by atomic mass is 32.2. The number of benzene rings is 1. The monoisotopic (exact) mass is 550 g/mol. The van der Waals surface area contributed by atoms with Gasteiger partial charge in [-0.1, -0.05) is 12.1 Å². The molecule has 1 heterocycles. The van der Waals surface area contributed by atoms with Gasteiger partial charge in [-0.25, -0.2) is 9.78 Å². The van der Waals surface area contributed by atoms with Crippen LogP contribution in [-0.4, -0.2) is 91.3 Å². The minimum absolute atomic E-state index is 0.000945. The van der Waals surface area contributed by atoms with Crippen molar-refractivity contribution in [1.82, 2.24) is 25.9 Å². The minimum atomic E-state index is -1.61. The molecule has 0 fully saturated rings. The molecule has 9 N–H and O–H groups in total. The van der Waals surface area contributed by atoms with Crippen LogP contribution in [0.15, 0.2) is 36.8 Å². The van der Waals surface area contributed by atoms with Crippen molar-refractivity contribution >= 4 is 35.5 Å². The topological polar surface area (TPSA) is 220 Å². The average Bonchev–Trinajstić information content (AvgIpc) is 3.38. The van der Waals surface area contributed by atoms with Gasteiger partial charge in [0.2, 0.25) is 17.7 Å². The fourth-order valence-electron chi connectivity index (χ4n) is 3.47. The van der Waals surface area contributed by atoms with Crippen LogP contribution >= 0.6 is 11.8 Å². The van der Waals surface area contributed by atoms with Gasteiger partial charge in [-0.2, -0.15) is 11.8 Å². The van der Waals surface area contributed by atoms with Crippen molar-refractivity contribution in [3.63, 3.8) is 0 Å². The van der Waals surface area contributed by atoms with Gasteiger partial charge in [0.1, 0.15) is 17.8 Å². The summed E-state index contributed by atoms with van der Waals surface area (Å²) in [6, 6.07) is 1.01. The SMILES string of the molecule is CSCCC(N)C(=O)NC(Cc1cnc[nH]1)C(=O)NC(Cc1ccc(O)cc1)C(=O)NC(C(=O)O)C(C)O. The number of carboxylic acids is 1. The van der Waals surface area contributed by atoms with E-state index in [0.717, 1.165) is 0 Å². The number of aromatic hydroxyl groups is 1. The lowest BCUT2D eigenvalue weighted by Gasteiger charge is -2.26. The first-order valence-electron chi connectivity index (χ1n) is 11.8. The standard InChI is InChI=1S/C24H34N6O7S/c1-13(31)20(24(36)37)30-23(35)18(9-14-3-5-16(32)6-4-14)29-22(34)19(10-15-11-26-12-27-15)28-21(33)17(25)7-8-38-2/h3-6,11-13,17-20,31-32H,7-10,25H2,1-2H3,(H,26,27)(H,28,33)(H,29,34)(H,30,35)(H,36,37). The number of aliphatic carboxylic acids is 1. The van der Waals surface area contributed by atoms with Crippen LogP contribution in [0.1, 0.15) is 24.6 Å². The Labute approximate surface area is 224 Å². The van der Waals surface area contributed by atoms with Gasteiger partial charge in [-0.05, 0) is 43.0 Å². The van der Waals surface area contributed by atoms with Gasteiger partial charge in [0.25, 0.3) is 0 Å². The minimum Gasteiger partial charge on any atom is -0.508 e. The van der Waals surface area contributed by atoms with Crippen LogP contribution in [0.25, 0.3) is 0 Å². The molecule has 5 unspecified atom stereocenters. The molecule has 0 saturated heterocycles. The number of imidazole rings is 1. The molecule has 1 aromatic heterocycles. The summed E-state index contributed by atoms with van der Waals surface area (Å²) in [4.78, 5) is 57.4. The van der Waals surface area contributed by atoms with Gasteiger partial charge >= 0.3 is 5.97 Å². The lowest BCUT2D eigenvalue weighted by molar-refractivity contribution is -0.145. The van der Waals surface area contributed by atoms with Gasteiger partial charge < -0.3 is 42.0 Å². The van der Waals surface area contributed by atoms with Gasteiger partial charge in [0.05, 0.1) is 18.5 Å². The number of carbonyl (C=O) groups excluding carboxylic acids is 3. The molecule has 2 aromatic rings. The Kier molecular flexibility index (Phi) is 12.0. The van der Waals surface area contributed by atoms with E-state index in [1.165, 1.54) is 43.3 Å². The summed E-state index contributed by atoms with van der Waals surface area (Å²) in [7, 11) is 0. The number of rotatable bonds is 15. The number of nitrogens with two attached hydrogens (primary N) is 1. The molecule has 2 rings (SSSR count). The summed E-state index contributed by atoms with van der Waals surface area (Å²) >= 11 is 1.53. The number of aromatic nitrogens is 2. The Hall–Kier alpha value is -3.62. The molecule has 5 atom stereocenters. The van der Waals surface area contributed by atoms with E-state index in [4.69, 9.17) is 5.73 Å². The van der Waals surface area contributed by atoms with E-state index in [0.29, 0.717) is 23.4 Å². The quantitative estimate of drug-likeness (QED) is 0.134.